The Hall–Kier alpha value is -1.56. The van der Waals surface area contributed by atoms with Gasteiger partial charge in [-0.2, -0.15) is 5.10 Å². The lowest BCUT2D eigenvalue weighted by Gasteiger charge is -2.31. The Kier molecular flexibility index (Phi) is 4.79. The molecule has 4 N–H and O–H groups in total. The minimum absolute atomic E-state index is 0.172. The van der Waals surface area contributed by atoms with Crippen LogP contribution in [0.5, 0.6) is 0 Å². The van der Waals surface area contributed by atoms with Gasteiger partial charge in [-0.25, -0.2) is 0 Å². The van der Waals surface area contributed by atoms with Crippen LogP contribution in [0.3, 0.4) is 0 Å². The molecule has 0 saturated carbocycles. The van der Waals surface area contributed by atoms with E-state index < -0.39 is 0 Å². The minimum Gasteiger partial charge on any atom is -0.382 e. The predicted octanol–water partition coefficient (Wildman–Crippen LogP) is 0.443. The van der Waals surface area contributed by atoms with Crippen molar-refractivity contribution in [3.63, 3.8) is 0 Å². The van der Waals surface area contributed by atoms with Gasteiger partial charge in [0.05, 0.1) is 0 Å². The SMILES string of the molecule is NC(=O)CC1CCN(CCCn2ccc(N)n2)CC1. The highest BCUT2D eigenvalue weighted by molar-refractivity contribution is 5.73. The summed E-state index contributed by atoms with van der Waals surface area (Å²) in [4.78, 5) is 13.3. The van der Waals surface area contributed by atoms with Gasteiger partial charge in [0.1, 0.15) is 5.82 Å². The number of aryl methyl sites for hydroxylation is 1. The second kappa shape index (κ2) is 6.56. The molecule has 0 unspecified atom stereocenters. The van der Waals surface area contributed by atoms with Crippen LogP contribution in [0.15, 0.2) is 12.3 Å². The van der Waals surface area contributed by atoms with E-state index in [0.717, 1.165) is 45.4 Å². The standard InChI is InChI=1S/C13H23N5O/c14-12-4-9-18(16-12)6-1-5-17-7-2-11(3-8-17)10-13(15)19/h4,9,11H,1-3,5-8,10H2,(H2,14,16)(H2,15,19). The Morgan fingerprint density at radius 2 is 2.11 bits per heavy atom. The number of nitrogens with two attached hydrogens (primary N) is 2. The van der Waals surface area contributed by atoms with E-state index in [4.69, 9.17) is 11.5 Å². The molecule has 6 nitrogen and oxygen atoms in total. The summed E-state index contributed by atoms with van der Waals surface area (Å²) in [5.41, 5.74) is 10.8. The van der Waals surface area contributed by atoms with Crippen molar-refractivity contribution in [3.05, 3.63) is 12.3 Å². The zero-order valence-electron chi connectivity index (χ0n) is 11.3. The average Bonchev–Trinajstić information content (AvgIpc) is 2.77. The molecular formula is C13H23N5O. The Morgan fingerprint density at radius 3 is 2.68 bits per heavy atom. The van der Waals surface area contributed by atoms with Crippen LogP contribution >= 0.6 is 0 Å². The van der Waals surface area contributed by atoms with Gasteiger partial charge in [-0.1, -0.05) is 0 Å². The molecule has 1 amide bonds. The lowest BCUT2D eigenvalue weighted by Crippen LogP contribution is -2.36. The van der Waals surface area contributed by atoms with Gasteiger partial charge >= 0.3 is 0 Å². The molecule has 106 valence electrons. The summed E-state index contributed by atoms with van der Waals surface area (Å²) in [6, 6.07) is 1.81. The second-order valence-electron chi connectivity index (χ2n) is 5.31. The van der Waals surface area contributed by atoms with E-state index in [1.807, 2.05) is 16.9 Å². The number of aromatic nitrogens is 2. The second-order valence-corrected chi connectivity index (χ2v) is 5.31. The van der Waals surface area contributed by atoms with Crippen molar-refractivity contribution >= 4 is 11.7 Å². The molecule has 1 fully saturated rings. The third-order valence-corrected chi connectivity index (χ3v) is 3.72. The van der Waals surface area contributed by atoms with Gasteiger partial charge in [0.15, 0.2) is 0 Å². The largest absolute Gasteiger partial charge is 0.382 e. The fourth-order valence-electron chi connectivity index (χ4n) is 2.66. The fourth-order valence-corrected chi connectivity index (χ4v) is 2.66. The van der Waals surface area contributed by atoms with Crippen LogP contribution < -0.4 is 11.5 Å². The highest BCUT2D eigenvalue weighted by Crippen LogP contribution is 2.20. The molecule has 1 aliphatic rings. The number of amides is 1. The number of rotatable bonds is 6. The fraction of sp³-hybridized carbons (Fsp3) is 0.692. The molecule has 0 aliphatic carbocycles. The maximum Gasteiger partial charge on any atom is 0.217 e. The first-order valence-electron chi connectivity index (χ1n) is 6.93. The van der Waals surface area contributed by atoms with Gasteiger partial charge in [-0.15, -0.1) is 0 Å². The first-order valence-corrected chi connectivity index (χ1v) is 6.93. The maximum absolute atomic E-state index is 10.9. The highest BCUT2D eigenvalue weighted by atomic mass is 16.1. The number of likely N-dealkylation sites (tertiary alicyclic amines) is 1. The van der Waals surface area contributed by atoms with E-state index >= 15 is 0 Å². The highest BCUT2D eigenvalue weighted by Gasteiger charge is 2.20. The average molecular weight is 265 g/mol. The molecule has 2 rings (SSSR count). The molecule has 19 heavy (non-hydrogen) atoms. The van der Waals surface area contributed by atoms with E-state index in [-0.39, 0.29) is 5.91 Å². The summed E-state index contributed by atoms with van der Waals surface area (Å²) in [6.45, 7) is 4.11. The number of hydrogen-bond acceptors (Lipinski definition) is 4. The molecule has 0 spiro atoms. The van der Waals surface area contributed by atoms with Gasteiger partial charge in [0, 0.05) is 19.2 Å². The number of hydrogen-bond donors (Lipinski definition) is 2. The normalized spacial score (nSPS) is 17.7. The topological polar surface area (TPSA) is 90.2 Å². The number of piperidine rings is 1. The number of anilines is 1. The minimum atomic E-state index is -0.172. The molecule has 0 radical (unpaired) electrons. The molecule has 0 aromatic carbocycles. The van der Waals surface area contributed by atoms with Crippen LogP contribution in [0.4, 0.5) is 5.82 Å². The van der Waals surface area contributed by atoms with Gasteiger partial charge in [0.25, 0.3) is 0 Å². The molecule has 2 heterocycles. The number of carbonyl (C=O) groups excluding carboxylic acids is 1. The van der Waals surface area contributed by atoms with Crippen molar-refractivity contribution in [2.45, 2.75) is 32.2 Å². The molecule has 0 bridgehead atoms. The lowest BCUT2D eigenvalue weighted by molar-refractivity contribution is -0.119. The molecule has 1 aliphatic heterocycles. The first kappa shape index (κ1) is 13.9. The number of nitrogens with zero attached hydrogens (tertiary/aromatic N) is 3. The smallest absolute Gasteiger partial charge is 0.217 e. The summed E-state index contributed by atoms with van der Waals surface area (Å²) in [7, 11) is 0. The monoisotopic (exact) mass is 265 g/mol. The summed E-state index contributed by atoms with van der Waals surface area (Å²) < 4.78 is 1.88. The number of carbonyl (C=O) groups is 1. The van der Waals surface area contributed by atoms with E-state index in [1.165, 1.54) is 0 Å². The van der Waals surface area contributed by atoms with Crippen LogP contribution in [0.1, 0.15) is 25.7 Å². The van der Waals surface area contributed by atoms with Crippen LogP contribution in [-0.4, -0.2) is 40.2 Å². The van der Waals surface area contributed by atoms with Crippen LogP contribution in [-0.2, 0) is 11.3 Å². The number of nitrogen functional groups attached to an aromatic ring is 1. The van der Waals surface area contributed by atoms with Crippen LogP contribution in [0, 0.1) is 5.92 Å². The van der Waals surface area contributed by atoms with Gasteiger partial charge in [-0.3, -0.25) is 9.48 Å². The Bertz CT molecular complexity index is 409. The summed E-state index contributed by atoms with van der Waals surface area (Å²) in [5, 5.41) is 4.16. The third-order valence-electron chi connectivity index (χ3n) is 3.72. The van der Waals surface area contributed by atoms with E-state index in [2.05, 4.69) is 10.00 Å². The zero-order valence-corrected chi connectivity index (χ0v) is 11.3. The zero-order chi connectivity index (χ0) is 13.7. The maximum atomic E-state index is 10.9. The molecule has 0 atom stereocenters. The summed E-state index contributed by atoms with van der Waals surface area (Å²) in [6.07, 6.45) is 5.69. The van der Waals surface area contributed by atoms with Crippen LogP contribution in [0.2, 0.25) is 0 Å². The molecule has 6 heteroatoms. The summed E-state index contributed by atoms with van der Waals surface area (Å²) >= 11 is 0. The molecule has 1 aromatic heterocycles. The van der Waals surface area contributed by atoms with Crippen molar-refractivity contribution in [1.29, 1.82) is 0 Å². The van der Waals surface area contributed by atoms with E-state index in [9.17, 15) is 4.79 Å². The van der Waals surface area contributed by atoms with Gasteiger partial charge in [0.2, 0.25) is 5.91 Å². The van der Waals surface area contributed by atoms with E-state index in [1.54, 1.807) is 0 Å². The van der Waals surface area contributed by atoms with Crippen molar-refractivity contribution in [1.82, 2.24) is 14.7 Å². The molecule has 1 aromatic rings. The predicted molar refractivity (Wildman–Crippen MR) is 74.2 cm³/mol. The van der Waals surface area contributed by atoms with Gasteiger partial charge in [-0.05, 0) is 50.9 Å². The van der Waals surface area contributed by atoms with Crippen molar-refractivity contribution in [2.75, 3.05) is 25.4 Å². The molecular weight excluding hydrogens is 242 g/mol. The van der Waals surface area contributed by atoms with Gasteiger partial charge < -0.3 is 16.4 Å². The lowest BCUT2D eigenvalue weighted by atomic mass is 9.93. The van der Waals surface area contributed by atoms with Crippen molar-refractivity contribution in [3.8, 4) is 0 Å². The van der Waals surface area contributed by atoms with Crippen molar-refractivity contribution in [2.24, 2.45) is 11.7 Å². The van der Waals surface area contributed by atoms with Crippen molar-refractivity contribution < 1.29 is 4.79 Å². The Morgan fingerprint density at radius 1 is 1.37 bits per heavy atom. The quantitative estimate of drug-likeness (QED) is 0.781. The first-order chi connectivity index (χ1) is 9.13. The van der Waals surface area contributed by atoms with E-state index in [0.29, 0.717) is 18.2 Å². The number of primary amides is 1. The summed E-state index contributed by atoms with van der Waals surface area (Å²) in [5.74, 6) is 0.890. The Balaban J connectivity index is 1.62. The Labute approximate surface area is 113 Å². The van der Waals surface area contributed by atoms with Crippen LogP contribution in [0.25, 0.3) is 0 Å². The third kappa shape index (κ3) is 4.55. The molecule has 1 saturated heterocycles.